The summed E-state index contributed by atoms with van der Waals surface area (Å²) in [4.78, 5) is 55.3. The molecule has 0 saturated heterocycles. The van der Waals surface area contributed by atoms with Gasteiger partial charge in [-0.15, -0.1) is 0 Å². The lowest BCUT2D eigenvalue weighted by Crippen LogP contribution is -2.46. The molecule has 2 aromatic heterocycles. The van der Waals surface area contributed by atoms with Gasteiger partial charge in [0, 0.05) is 37.1 Å². The first-order valence-electron chi connectivity index (χ1n) is 18.3. The van der Waals surface area contributed by atoms with Crippen LogP contribution in [0, 0.1) is 11.6 Å². The standard InChI is InChI=1S/C20H16FN3O4.C11H9NO3.C9H9FN2O2.C2HF3O/c21-13-6-7-18-15(9-13)22-20(26)17(11-27-18)23-19(25)16-10-14(28-24-16)8-12-4-2-1-3-5-12;13-11(14)10-7-9(15-12-10)6-8-4-2-1-3-5-8;10-5-1-2-8-7(3-5)12-9(13)6(11)4-14-8;3-2(4,5)1-6/h1-7,9-10,17H,8,11H2,(H,22,26)(H,23,25);1-5,7H,6H2,(H,13,14);1-3,6H,4,11H2,(H,12,13);1H/t17-;;6-;/m0.0./s1. The predicted molar refractivity (Wildman–Crippen MR) is 211 cm³/mol. The van der Waals surface area contributed by atoms with Crippen molar-refractivity contribution in [3.8, 4) is 11.5 Å². The Morgan fingerprint density at radius 3 is 1.67 bits per heavy atom. The number of hydrogen-bond donors (Lipinski definition) is 5. The highest BCUT2D eigenvalue weighted by Crippen LogP contribution is 2.28. The molecule has 0 spiro atoms. The number of anilines is 2. The minimum Gasteiger partial charge on any atom is -0.489 e. The normalized spacial score (nSPS) is 15.0. The molecule has 4 aromatic carbocycles. The van der Waals surface area contributed by atoms with Crippen LogP contribution in [0.1, 0.15) is 43.6 Å². The zero-order valence-electron chi connectivity index (χ0n) is 32.4. The second-order valence-electron chi connectivity index (χ2n) is 13.2. The summed E-state index contributed by atoms with van der Waals surface area (Å²) in [6.45, 7) is 0.00932. The number of benzene rings is 4. The summed E-state index contributed by atoms with van der Waals surface area (Å²) in [6, 6.07) is 28.3. The van der Waals surface area contributed by atoms with Gasteiger partial charge in [0.15, 0.2) is 11.4 Å². The average molecular weight is 879 g/mol. The summed E-state index contributed by atoms with van der Waals surface area (Å²) in [6.07, 6.45) is -4.65. The highest BCUT2D eigenvalue weighted by molar-refractivity contribution is 6.01. The molecule has 0 fully saturated rings. The molecule has 3 amide bonds. The number of nitrogens with two attached hydrogens (primary N) is 1. The van der Waals surface area contributed by atoms with Crippen molar-refractivity contribution >= 4 is 41.4 Å². The van der Waals surface area contributed by atoms with Crippen LogP contribution in [0.3, 0.4) is 0 Å². The van der Waals surface area contributed by atoms with Gasteiger partial charge in [-0.1, -0.05) is 71.0 Å². The number of aromatic carboxylic acids is 1. The molecule has 6 N–H and O–H groups in total. The molecule has 328 valence electrons. The number of carboxylic acids is 1. The van der Waals surface area contributed by atoms with Crippen molar-refractivity contribution in [2.45, 2.75) is 31.1 Å². The number of nitrogens with one attached hydrogen (secondary N) is 3. The molecular weight excluding hydrogens is 843 g/mol. The number of hydrogen-bond acceptors (Lipinski definition) is 12. The maximum absolute atomic E-state index is 13.3. The lowest BCUT2D eigenvalue weighted by Gasteiger charge is -2.13. The number of carbonyl (C=O) groups is 5. The number of alkyl halides is 3. The maximum atomic E-state index is 13.3. The molecule has 0 saturated carbocycles. The molecule has 0 bridgehead atoms. The van der Waals surface area contributed by atoms with Crippen LogP contribution in [0.5, 0.6) is 11.5 Å². The van der Waals surface area contributed by atoms with E-state index < -0.39 is 54.0 Å². The van der Waals surface area contributed by atoms with E-state index in [1.54, 1.807) is 0 Å². The monoisotopic (exact) mass is 878 g/mol. The average Bonchev–Trinajstić information content (AvgIpc) is 3.87. The third-order valence-electron chi connectivity index (χ3n) is 8.33. The Hall–Kier alpha value is -7.94. The first kappa shape index (κ1) is 46.1. The third-order valence-corrected chi connectivity index (χ3v) is 8.33. The lowest BCUT2D eigenvalue weighted by molar-refractivity contribution is -0.156. The van der Waals surface area contributed by atoms with Crippen molar-refractivity contribution in [1.29, 1.82) is 0 Å². The number of amides is 3. The largest absolute Gasteiger partial charge is 0.489 e. The van der Waals surface area contributed by atoms with Gasteiger partial charge in [-0.2, -0.15) is 13.2 Å². The van der Waals surface area contributed by atoms with Gasteiger partial charge >= 0.3 is 12.1 Å². The van der Waals surface area contributed by atoms with E-state index >= 15 is 0 Å². The topological polar surface area (TPSA) is 238 Å². The zero-order valence-corrected chi connectivity index (χ0v) is 32.4. The highest BCUT2D eigenvalue weighted by Gasteiger charge is 2.28. The quantitative estimate of drug-likeness (QED) is 0.0953. The van der Waals surface area contributed by atoms with Crippen molar-refractivity contribution in [2.75, 3.05) is 23.8 Å². The number of aromatic nitrogens is 2. The van der Waals surface area contributed by atoms with E-state index in [-0.39, 0.29) is 36.2 Å². The molecule has 63 heavy (non-hydrogen) atoms. The van der Waals surface area contributed by atoms with Crippen LogP contribution in [-0.2, 0) is 27.2 Å². The Kier molecular flexibility index (Phi) is 15.8. The Morgan fingerprint density at radius 2 is 1.19 bits per heavy atom. The molecule has 2 aliphatic heterocycles. The number of carboxylic acid groups (broad SMARTS) is 1. The SMILES string of the molecule is N[C@H]1COc2ccc(F)cc2NC1=O.O=C(N[C@H]1COc2ccc(F)cc2NC1=O)c1cc(Cc2ccccc2)on1.O=C(O)c1cc(Cc2ccccc2)on1.O=CC(F)(F)F. The highest BCUT2D eigenvalue weighted by atomic mass is 19.4. The lowest BCUT2D eigenvalue weighted by atomic mass is 10.1. The van der Waals surface area contributed by atoms with Gasteiger partial charge in [-0.25, -0.2) is 13.6 Å². The summed E-state index contributed by atoms with van der Waals surface area (Å²) < 4.78 is 78.2. The van der Waals surface area contributed by atoms with Crippen LogP contribution in [0.15, 0.2) is 118 Å². The van der Waals surface area contributed by atoms with Crippen LogP contribution in [0.25, 0.3) is 0 Å². The van der Waals surface area contributed by atoms with E-state index in [0.29, 0.717) is 41.5 Å². The van der Waals surface area contributed by atoms with Crippen LogP contribution in [0.2, 0.25) is 0 Å². The first-order chi connectivity index (χ1) is 30.1. The number of rotatable bonds is 7. The van der Waals surface area contributed by atoms with E-state index in [1.165, 1.54) is 42.5 Å². The van der Waals surface area contributed by atoms with Crippen molar-refractivity contribution in [3.63, 3.8) is 0 Å². The van der Waals surface area contributed by atoms with Gasteiger partial charge in [-0.3, -0.25) is 19.2 Å². The molecule has 0 unspecified atom stereocenters. The Labute approximate surface area is 353 Å². The van der Waals surface area contributed by atoms with E-state index in [4.69, 9.17) is 34.2 Å². The smallest absolute Gasteiger partial charge is 0.446 e. The van der Waals surface area contributed by atoms with E-state index in [0.717, 1.165) is 17.2 Å². The van der Waals surface area contributed by atoms with Gasteiger partial charge in [-0.05, 0) is 35.4 Å². The van der Waals surface area contributed by atoms with Crippen molar-refractivity contribution in [2.24, 2.45) is 5.73 Å². The third kappa shape index (κ3) is 14.3. The van der Waals surface area contributed by atoms with E-state index in [2.05, 4.69) is 26.3 Å². The van der Waals surface area contributed by atoms with E-state index in [9.17, 15) is 41.1 Å². The molecule has 21 heteroatoms. The first-order valence-corrected chi connectivity index (χ1v) is 18.3. The molecule has 8 rings (SSSR count). The second-order valence-corrected chi connectivity index (χ2v) is 13.2. The van der Waals surface area contributed by atoms with Crippen LogP contribution in [-0.4, -0.2) is 76.9 Å². The maximum Gasteiger partial charge on any atom is 0.446 e. The number of carbonyl (C=O) groups excluding carboxylic acids is 4. The molecule has 0 aliphatic carbocycles. The second kappa shape index (κ2) is 21.5. The van der Waals surface area contributed by atoms with Crippen molar-refractivity contribution < 1.29 is 69.6 Å². The summed E-state index contributed by atoms with van der Waals surface area (Å²) in [5, 5.41) is 23.4. The zero-order chi connectivity index (χ0) is 45.5. The molecule has 0 radical (unpaired) electrons. The summed E-state index contributed by atoms with van der Waals surface area (Å²) in [5.41, 5.74) is 8.09. The van der Waals surface area contributed by atoms with Gasteiger partial charge in [0.05, 0.1) is 11.4 Å². The summed E-state index contributed by atoms with van der Waals surface area (Å²) in [5.74, 6) is -1.59. The molecule has 2 aliphatic rings. The minimum absolute atomic E-state index is 0.0547. The Bertz CT molecular complexity index is 2520. The van der Waals surface area contributed by atoms with Crippen molar-refractivity contribution in [3.05, 3.63) is 155 Å². The summed E-state index contributed by atoms with van der Waals surface area (Å²) >= 11 is 0. The van der Waals surface area contributed by atoms with Crippen molar-refractivity contribution in [1.82, 2.24) is 15.6 Å². The number of fused-ring (bicyclic) bond motifs is 2. The fraction of sp³-hybridized carbons (Fsp3) is 0.167. The molecular formula is C42H35F5N6O10. The van der Waals surface area contributed by atoms with Crippen LogP contribution < -0.4 is 31.2 Å². The Morgan fingerprint density at radius 1 is 0.730 bits per heavy atom. The van der Waals surface area contributed by atoms with Gasteiger partial charge in [0.1, 0.15) is 60.0 Å². The summed E-state index contributed by atoms with van der Waals surface area (Å²) in [7, 11) is 0. The number of ether oxygens (including phenoxy) is 2. The van der Waals surface area contributed by atoms with E-state index in [1.807, 2.05) is 60.7 Å². The van der Waals surface area contributed by atoms with Gasteiger partial charge in [0.2, 0.25) is 12.2 Å². The molecule has 6 aromatic rings. The molecule has 4 heterocycles. The number of nitrogens with zero attached hydrogens (tertiary/aromatic N) is 2. The van der Waals surface area contributed by atoms with Crippen LogP contribution in [0.4, 0.5) is 33.3 Å². The Balaban J connectivity index is 0.000000180. The fourth-order valence-corrected chi connectivity index (χ4v) is 5.33. The molecule has 2 atom stereocenters. The number of halogens is 5. The fourth-order valence-electron chi connectivity index (χ4n) is 5.33. The number of aldehydes is 1. The predicted octanol–water partition coefficient (Wildman–Crippen LogP) is 5.73. The van der Waals surface area contributed by atoms with Gasteiger partial charge < -0.3 is 45.3 Å². The van der Waals surface area contributed by atoms with Crippen LogP contribution >= 0.6 is 0 Å². The van der Waals surface area contributed by atoms with Gasteiger partial charge in [0.25, 0.3) is 11.8 Å². The minimum atomic E-state index is -4.64. The molecule has 16 nitrogen and oxygen atoms in total.